The molecule has 0 aliphatic heterocycles. The maximum absolute atomic E-state index is 12.5. The quantitative estimate of drug-likeness (QED) is 0.381. The third-order valence-electron chi connectivity index (χ3n) is 3.58. The molecule has 0 fully saturated rings. The number of nitro groups is 1. The average molecular weight is 436 g/mol. The number of ether oxygens (including phenoxy) is 3. The molecule has 30 heavy (non-hydrogen) atoms. The summed E-state index contributed by atoms with van der Waals surface area (Å²) >= 11 is 0. The smallest absolute Gasteiger partial charge is 0.493 e. The van der Waals surface area contributed by atoms with Gasteiger partial charge in [-0.3, -0.25) is 14.9 Å². The molecular formula is C17H13F5N2O6. The highest BCUT2D eigenvalue weighted by molar-refractivity contribution is 5.99. The molecule has 0 saturated carbocycles. The highest BCUT2D eigenvalue weighted by Crippen LogP contribution is 2.36. The highest BCUT2D eigenvalue weighted by atomic mass is 19.4. The van der Waals surface area contributed by atoms with E-state index in [1.54, 1.807) is 0 Å². The van der Waals surface area contributed by atoms with Gasteiger partial charge in [0.1, 0.15) is 11.3 Å². The third-order valence-corrected chi connectivity index (χ3v) is 3.58. The van der Waals surface area contributed by atoms with Crippen molar-refractivity contribution in [1.29, 1.82) is 0 Å². The highest BCUT2D eigenvalue weighted by Gasteiger charge is 2.32. The molecule has 2 aromatic rings. The van der Waals surface area contributed by atoms with Crippen LogP contribution in [0.15, 0.2) is 36.4 Å². The van der Waals surface area contributed by atoms with Gasteiger partial charge in [0.2, 0.25) is 0 Å². The Hall–Kier alpha value is -3.64. The minimum Gasteiger partial charge on any atom is -0.493 e. The number of nitrogens with zero attached hydrogens (tertiary/aromatic N) is 1. The maximum Gasteiger partial charge on any atom is 0.573 e. The second kappa shape index (κ2) is 9.24. The number of alkyl halides is 5. The maximum atomic E-state index is 12.5. The Bertz CT molecular complexity index is 935. The molecule has 0 aliphatic rings. The molecule has 0 saturated heterocycles. The Labute approximate surface area is 165 Å². The molecule has 0 spiro atoms. The van der Waals surface area contributed by atoms with Crippen molar-refractivity contribution < 1.29 is 45.9 Å². The lowest BCUT2D eigenvalue weighted by molar-refractivity contribution is -0.385. The van der Waals surface area contributed by atoms with E-state index >= 15 is 0 Å². The van der Waals surface area contributed by atoms with Gasteiger partial charge in [-0.15, -0.1) is 13.2 Å². The first-order chi connectivity index (χ1) is 14.0. The first-order valence-corrected chi connectivity index (χ1v) is 7.95. The fraction of sp³-hybridized carbons (Fsp3) is 0.235. The number of hydrogen-bond donors (Lipinski definition) is 1. The molecule has 0 heterocycles. The summed E-state index contributed by atoms with van der Waals surface area (Å²) in [5.41, 5.74) is -1.51. The van der Waals surface area contributed by atoms with Crippen LogP contribution in [0.1, 0.15) is 15.9 Å². The largest absolute Gasteiger partial charge is 0.573 e. The molecule has 8 nitrogen and oxygen atoms in total. The first kappa shape index (κ1) is 22.6. The first-order valence-electron chi connectivity index (χ1n) is 7.95. The van der Waals surface area contributed by atoms with E-state index < -0.39 is 53.1 Å². The number of hydrogen-bond acceptors (Lipinski definition) is 6. The van der Waals surface area contributed by atoms with E-state index in [2.05, 4.69) is 14.8 Å². The lowest BCUT2D eigenvalue weighted by atomic mass is 10.1. The van der Waals surface area contributed by atoms with E-state index in [1.165, 1.54) is 18.2 Å². The summed E-state index contributed by atoms with van der Waals surface area (Å²) < 4.78 is 75.2. The van der Waals surface area contributed by atoms with Crippen molar-refractivity contribution in [2.75, 3.05) is 7.11 Å². The molecule has 2 rings (SSSR count). The van der Waals surface area contributed by atoms with Gasteiger partial charge < -0.3 is 19.5 Å². The fourth-order valence-electron chi connectivity index (χ4n) is 2.37. The summed E-state index contributed by atoms with van der Waals surface area (Å²) in [6.07, 6.45) is -4.97. The van der Waals surface area contributed by atoms with Gasteiger partial charge in [0, 0.05) is 18.2 Å². The van der Waals surface area contributed by atoms with Gasteiger partial charge in [0.15, 0.2) is 11.5 Å². The standard InChI is InChI=1S/C17H13F5N2O6/c1-28-13-6-10(11(24(26)27)7-14(13)29-16(18)19)15(25)23-8-9-4-2-3-5-12(9)30-17(20,21)22/h2-7,16H,8H2,1H3,(H,23,25). The molecule has 0 bridgehead atoms. The van der Waals surface area contributed by atoms with Crippen LogP contribution in [0.25, 0.3) is 0 Å². The second-order valence-corrected chi connectivity index (χ2v) is 5.49. The minimum atomic E-state index is -4.97. The predicted molar refractivity (Wildman–Crippen MR) is 90.6 cm³/mol. The van der Waals surface area contributed by atoms with Crippen LogP contribution in [-0.2, 0) is 6.54 Å². The molecule has 1 amide bonds. The van der Waals surface area contributed by atoms with Gasteiger partial charge in [-0.25, -0.2) is 0 Å². The lowest BCUT2D eigenvalue weighted by Gasteiger charge is -2.14. The predicted octanol–water partition coefficient (Wildman–Crippen LogP) is 4.03. The molecule has 1 N–H and O–H groups in total. The normalized spacial score (nSPS) is 11.2. The van der Waals surface area contributed by atoms with Gasteiger partial charge in [0.25, 0.3) is 11.6 Å². The molecule has 13 heteroatoms. The van der Waals surface area contributed by atoms with Crippen molar-refractivity contribution in [1.82, 2.24) is 5.32 Å². The van der Waals surface area contributed by atoms with Crippen molar-refractivity contribution in [2.24, 2.45) is 0 Å². The van der Waals surface area contributed by atoms with Crippen LogP contribution >= 0.6 is 0 Å². The van der Waals surface area contributed by atoms with Crippen molar-refractivity contribution in [3.63, 3.8) is 0 Å². The SMILES string of the molecule is COc1cc(C(=O)NCc2ccccc2OC(F)(F)F)c([N+](=O)[O-])cc1OC(F)F. The number of nitrogens with one attached hydrogen (secondary N) is 1. The number of amides is 1. The second-order valence-electron chi connectivity index (χ2n) is 5.49. The minimum absolute atomic E-state index is 0.0598. The molecule has 0 aromatic heterocycles. The third kappa shape index (κ3) is 5.93. The number of halogens is 5. The Morgan fingerprint density at radius 3 is 2.40 bits per heavy atom. The van der Waals surface area contributed by atoms with E-state index in [4.69, 9.17) is 4.74 Å². The van der Waals surface area contributed by atoms with Crippen LogP contribution in [0, 0.1) is 10.1 Å². The number of nitro benzene ring substituents is 1. The monoisotopic (exact) mass is 436 g/mol. The number of carbonyl (C=O) groups is 1. The fourth-order valence-corrected chi connectivity index (χ4v) is 2.37. The number of carbonyl (C=O) groups excluding carboxylic acids is 1. The number of rotatable bonds is 8. The number of para-hydroxylation sites is 1. The van der Waals surface area contributed by atoms with Gasteiger partial charge in [0.05, 0.1) is 18.1 Å². The van der Waals surface area contributed by atoms with Crippen molar-refractivity contribution >= 4 is 11.6 Å². The Kier molecular flexibility index (Phi) is 6.97. The molecule has 0 unspecified atom stereocenters. The van der Waals surface area contributed by atoms with E-state index in [-0.39, 0.29) is 11.3 Å². The van der Waals surface area contributed by atoms with Gasteiger partial charge in [-0.05, 0) is 6.07 Å². The summed E-state index contributed by atoms with van der Waals surface area (Å²) in [4.78, 5) is 22.7. The van der Waals surface area contributed by atoms with E-state index in [0.717, 1.165) is 19.2 Å². The van der Waals surface area contributed by atoms with Gasteiger partial charge >= 0.3 is 13.0 Å². The van der Waals surface area contributed by atoms with Crippen molar-refractivity contribution in [2.45, 2.75) is 19.5 Å². The van der Waals surface area contributed by atoms with E-state index in [1.807, 2.05) is 0 Å². The summed E-state index contributed by atoms with van der Waals surface area (Å²) in [6, 6.07) is 6.34. The van der Waals surface area contributed by atoms with Gasteiger partial charge in [-0.2, -0.15) is 8.78 Å². The van der Waals surface area contributed by atoms with Crippen molar-refractivity contribution in [3.8, 4) is 17.2 Å². The Morgan fingerprint density at radius 1 is 1.17 bits per heavy atom. The van der Waals surface area contributed by atoms with Crippen LogP contribution < -0.4 is 19.5 Å². The number of methoxy groups -OCH3 is 1. The number of benzene rings is 2. The van der Waals surface area contributed by atoms with Gasteiger partial charge in [-0.1, -0.05) is 18.2 Å². The van der Waals surface area contributed by atoms with Crippen LogP contribution in [-0.4, -0.2) is 30.9 Å². The topological polar surface area (TPSA) is 99.9 Å². The van der Waals surface area contributed by atoms with Crippen molar-refractivity contribution in [3.05, 3.63) is 57.6 Å². The van der Waals surface area contributed by atoms with Crippen LogP contribution in [0.5, 0.6) is 17.2 Å². The molecule has 0 aliphatic carbocycles. The Balaban J connectivity index is 2.30. The van der Waals surface area contributed by atoms with Crippen LogP contribution in [0.3, 0.4) is 0 Å². The molecule has 0 atom stereocenters. The zero-order chi connectivity index (χ0) is 22.5. The summed E-state index contributed by atoms with van der Waals surface area (Å²) in [6.45, 7) is -3.77. The zero-order valence-electron chi connectivity index (χ0n) is 15.0. The van der Waals surface area contributed by atoms with E-state index in [0.29, 0.717) is 6.07 Å². The molecular weight excluding hydrogens is 423 g/mol. The van der Waals surface area contributed by atoms with Crippen LogP contribution in [0.4, 0.5) is 27.6 Å². The molecule has 162 valence electrons. The lowest BCUT2D eigenvalue weighted by Crippen LogP contribution is -2.25. The molecule has 2 aromatic carbocycles. The van der Waals surface area contributed by atoms with E-state index in [9.17, 15) is 36.9 Å². The average Bonchev–Trinajstić information content (AvgIpc) is 2.65. The van der Waals surface area contributed by atoms with Crippen LogP contribution in [0.2, 0.25) is 0 Å². The summed E-state index contributed by atoms with van der Waals surface area (Å²) in [7, 11) is 1.06. The molecule has 0 radical (unpaired) electrons. The summed E-state index contributed by atoms with van der Waals surface area (Å²) in [5.74, 6) is -2.69. The Morgan fingerprint density at radius 2 is 1.83 bits per heavy atom. The zero-order valence-corrected chi connectivity index (χ0v) is 15.0. The summed E-state index contributed by atoms with van der Waals surface area (Å²) in [5, 5.41) is 13.5.